The van der Waals surface area contributed by atoms with Gasteiger partial charge in [0.1, 0.15) is 11.6 Å². The lowest BCUT2D eigenvalue weighted by Crippen LogP contribution is -2.42. The van der Waals surface area contributed by atoms with Crippen molar-refractivity contribution in [2.75, 3.05) is 43.4 Å². The topological polar surface area (TPSA) is 66.9 Å². The van der Waals surface area contributed by atoms with E-state index >= 15 is 0 Å². The summed E-state index contributed by atoms with van der Waals surface area (Å²) in [6.45, 7) is 1.56. The summed E-state index contributed by atoms with van der Waals surface area (Å²) in [5, 5.41) is 0. The highest BCUT2D eigenvalue weighted by atomic mass is 32.2. The van der Waals surface area contributed by atoms with Gasteiger partial charge in [0.15, 0.2) is 0 Å². The van der Waals surface area contributed by atoms with Gasteiger partial charge in [-0.05, 0) is 12.1 Å². The summed E-state index contributed by atoms with van der Waals surface area (Å²) in [4.78, 5) is 13.7. The molecule has 0 radical (unpaired) electrons. The zero-order valence-corrected chi connectivity index (χ0v) is 13.5. The van der Waals surface area contributed by atoms with Crippen LogP contribution < -0.4 is 4.31 Å². The van der Waals surface area contributed by atoms with Gasteiger partial charge in [-0.25, -0.2) is 17.2 Å². The number of benzene rings is 1. The number of nitrogens with zero attached hydrogens (tertiary/aromatic N) is 2. The van der Waals surface area contributed by atoms with Crippen molar-refractivity contribution in [1.82, 2.24) is 4.90 Å². The Hall–Kier alpha value is -1.74. The van der Waals surface area contributed by atoms with Crippen molar-refractivity contribution in [2.24, 2.45) is 0 Å². The number of morpholine rings is 1. The number of sulfonamides is 1. The fourth-order valence-corrected chi connectivity index (χ4v) is 3.24. The van der Waals surface area contributed by atoms with Gasteiger partial charge >= 0.3 is 0 Å². The van der Waals surface area contributed by atoms with Gasteiger partial charge in [0.25, 0.3) is 0 Å². The fraction of sp³-hybridized carbons (Fsp3) is 0.500. The Labute approximate surface area is 133 Å². The Bertz CT molecular complexity index is 675. The van der Waals surface area contributed by atoms with E-state index in [4.69, 9.17) is 4.74 Å². The highest BCUT2D eigenvalue weighted by molar-refractivity contribution is 7.92. The summed E-state index contributed by atoms with van der Waals surface area (Å²) in [6.07, 6.45) is 0.818. The van der Waals surface area contributed by atoms with E-state index in [1.807, 2.05) is 0 Å². The van der Waals surface area contributed by atoms with Crippen molar-refractivity contribution in [3.05, 3.63) is 29.8 Å². The molecule has 0 bridgehead atoms. The first-order valence-electron chi connectivity index (χ1n) is 7.07. The molecule has 1 heterocycles. The minimum Gasteiger partial charge on any atom is -0.378 e. The van der Waals surface area contributed by atoms with Crippen molar-refractivity contribution in [2.45, 2.75) is 6.42 Å². The summed E-state index contributed by atoms with van der Waals surface area (Å²) in [6, 6.07) is 2.63. The lowest BCUT2D eigenvalue weighted by molar-refractivity contribution is -0.135. The number of hydrogen-bond acceptors (Lipinski definition) is 4. The van der Waals surface area contributed by atoms with Gasteiger partial charge in [-0.15, -0.1) is 0 Å². The number of hydrogen-bond donors (Lipinski definition) is 0. The van der Waals surface area contributed by atoms with E-state index in [9.17, 15) is 22.0 Å². The van der Waals surface area contributed by atoms with Crippen LogP contribution in [0.5, 0.6) is 0 Å². The van der Waals surface area contributed by atoms with Crippen LogP contribution in [0, 0.1) is 11.6 Å². The molecule has 1 aliphatic rings. The quantitative estimate of drug-likeness (QED) is 0.796. The van der Waals surface area contributed by atoms with E-state index in [2.05, 4.69) is 0 Å². The SMILES string of the molecule is CS(=O)(=O)N(CCC(=O)N1CCOCC1)c1ccc(F)cc1F. The number of halogens is 2. The Morgan fingerprint density at radius 3 is 2.52 bits per heavy atom. The second-order valence-corrected chi connectivity index (χ2v) is 7.08. The summed E-state index contributed by atoms with van der Waals surface area (Å²) >= 11 is 0. The molecule has 1 amide bonds. The van der Waals surface area contributed by atoms with Crippen molar-refractivity contribution in [3.63, 3.8) is 0 Å². The molecule has 0 aliphatic carbocycles. The molecule has 0 N–H and O–H groups in total. The van der Waals surface area contributed by atoms with Gasteiger partial charge in [-0.3, -0.25) is 9.10 Å². The van der Waals surface area contributed by atoms with Crippen molar-refractivity contribution in [1.29, 1.82) is 0 Å². The van der Waals surface area contributed by atoms with Gasteiger partial charge < -0.3 is 9.64 Å². The van der Waals surface area contributed by atoms with Crippen LogP contribution in [0.2, 0.25) is 0 Å². The molecule has 0 unspecified atom stereocenters. The van der Waals surface area contributed by atoms with E-state index < -0.39 is 21.7 Å². The van der Waals surface area contributed by atoms with Gasteiger partial charge in [0.2, 0.25) is 15.9 Å². The third-order valence-electron chi connectivity index (χ3n) is 3.47. The molecule has 0 atom stereocenters. The molecule has 0 saturated carbocycles. The van der Waals surface area contributed by atoms with Crippen LogP contribution in [0.1, 0.15) is 6.42 Å². The average Bonchev–Trinajstić information content (AvgIpc) is 2.48. The maximum atomic E-state index is 13.9. The lowest BCUT2D eigenvalue weighted by atomic mass is 10.2. The van der Waals surface area contributed by atoms with Gasteiger partial charge in [0.05, 0.1) is 25.2 Å². The molecular weight excluding hydrogens is 330 g/mol. The molecule has 0 aromatic heterocycles. The highest BCUT2D eigenvalue weighted by Crippen LogP contribution is 2.23. The second kappa shape index (κ2) is 7.22. The van der Waals surface area contributed by atoms with Crippen molar-refractivity contribution >= 4 is 21.6 Å². The Morgan fingerprint density at radius 2 is 1.96 bits per heavy atom. The van der Waals surface area contributed by atoms with Crippen LogP contribution in [0.3, 0.4) is 0 Å². The zero-order valence-electron chi connectivity index (χ0n) is 12.7. The minimum absolute atomic E-state index is 0.0934. The summed E-state index contributed by atoms with van der Waals surface area (Å²) in [5.74, 6) is -2.03. The summed E-state index contributed by atoms with van der Waals surface area (Å²) in [5.41, 5.74) is -0.274. The lowest BCUT2D eigenvalue weighted by Gasteiger charge is -2.28. The largest absolute Gasteiger partial charge is 0.378 e. The molecule has 1 fully saturated rings. The van der Waals surface area contributed by atoms with Crippen LogP contribution in [0.4, 0.5) is 14.5 Å². The van der Waals surface area contributed by atoms with E-state index in [0.29, 0.717) is 32.4 Å². The number of carbonyl (C=O) groups is 1. The summed E-state index contributed by atoms with van der Waals surface area (Å²) in [7, 11) is -3.80. The van der Waals surface area contributed by atoms with Crippen LogP contribution >= 0.6 is 0 Å². The van der Waals surface area contributed by atoms with Crippen molar-refractivity contribution < 1.29 is 26.7 Å². The molecule has 6 nitrogen and oxygen atoms in total. The van der Waals surface area contributed by atoms with Gasteiger partial charge in [0, 0.05) is 32.1 Å². The highest BCUT2D eigenvalue weighted by Gasteiger charge is 2.24. The Kier molecular flexibility index (Phi) is 5.53. The van der Waals surface area contributed by atoms with Crippen LogP contribution in [0.15, 0.2) is 18.2 Å². The van der Waals surface area contributed by atoms with Crippen LogP contribution in [0.25, 0.3) is 0 Å². The molecule has 1 aromatic rings. The molecule has 128 valence electrons. The van der Waals surface area contributed by atoms with E-state index in [1.165, 1.54) is 0 Å². The molecule has 1 saturated heterocycles. The standard InChI is InChI=1S/C14H18F2N2O4S/c1-23(20,21)18(13-3-2-11(15)10-12(13)16)5-4-14(19)17-6-8-22-9-7-17/h2-3,10H,4-9H2,1H3. The molecule has 0 spiro atoms. The fourth-order valence-electron chi connectivity index (χ4n) is 2.32. The molecule has 2 rings (SSSR count). The van der Waals surface area contributed by atoms with E-state index in [-0.39, 0.29) is 24.6 Å². The van der Waals surface area contributed by atoms with E-state index in [0.717, 1.165) is 22.7 Å². The third kappa shape index (κ3) is 4.61. The van der Waals surface area contributed by atoms with Crippen LogP contribution in [-0.4, -0.2) is 58.3 Å². The first-order valence-corrected chi connectivity index (χ1v) is 8.92. The maximum Gasteiger partial charge on any atom is 0.232 e. The zero-order chi connectivity index (χ0) is 17.0. The number of ether oxygens (including phenoxy) is 1. The van der Waals surface area contributed by atoms with Crippen molar-refractivity contribution in [3.8, 4) is 0 Å². The van der Waals surface area contributed by atoms with Gasteiger partial charge in [-0.1, -0.05) is 0 Å². The predicted molar refractivity (Wildman–Crippen MR) is 80.6 cm³/mol. The molecular formula is C14H18F2N2O4S. The minimum atomic E-state index is -3.80. The Balaban J connectivity index is 2.12. The third-order valence-corrected chi connectivity index (χ3v) is 4.65. The maximum absolute atomic E-state index is 13.9. The smallest absolute Gasteiger partial charge is 0.232 e. The number of amides is 1. The molecule has 1 aliphatic heterocycles. The summed E-state index contributed by atoms with van der Waals surface area (Å²) < 4.78 is 56.5. The molecule has 9 heteroatoms. The monoisotopic (exact) mass is 348 g/mol. The normalized spacial score (nSPS) is 15.5. The molecule has 23 heavy (non-hydrogen) atoms. The van der Waals surface area contributed by atoms with Crippen LogP contribution in [-0.2, 0) is 19.6 Å². The number of rotatable bonds is 5. The Morgan fingerprint density at radius 1 is 1.30 bits per heavy atom. The predicted octanol–water partition coefficient (Wildman–Crippen LogP) is 0.980. The number of carbonyl (C=O) groups excluding carboxylic acids is 1. The first kappa shape index (κ1) is 17.6. The van der Waals surface area contributed by atoms with E-state index in [1.54, 1.807) is 4.90 Å². The molecule has 1 aromatic carbocycles. The second-order valence-electron chi connectivity index (χ2n) is 5.17. The average molecular weight is 348 g/mol. The van der Waals surface area contributed by atoms with Gasteiger partial charge in [-0.2, -0.15) is 0 Å². The number of anilines is 1. The first-order chi connectivity index (χ1) is 10.8.